The lowest BCUT2D eigenvalue weighted by molar-refractivity contribution is 0.532. The zero-order valence-electron chi connectivity index (χ0n) is 16.3. The van der Waals surface area contributed by atoms with Gasteiger partial charge < -0.3 is 5.32 Å². The third kappa shape index (κ3) is 4.58. The van der Waals surface area contributed by atoms with Crippen molar-refractivity contribution in [3.05, 3.63) is 108 Å². The molecule has 0 saturated carbocycles. The van der Waals surface area contributed by atoms with E-state index in [0.29, 0.717) is 18.7 Å². The molecule has 1 heterocycles. The van der Waals surface area contributed by atoms with Crippen molar-refractivity contribution in [1.29, 1.82) is 0 Å². The van der Waals surface area contributed by atoms with Gasteiger partial charge in [0, 0.05) is 23.7 Å². The maximum absolute atomic E-state index is 14.1. The minimum atomic E-state index is -0.247. The second kappa shape index (κ2) is 8.80. The third-order valence-corrected chi connectivity index (χ3v) is 4.92. The molecule has 5 heteroatoms. The van der Waals surface area contributed by atoms with E-state index in [9.17, 15) is 4.39 Å². The number of hydrogen-bond acceptors (Lipinski definition) is 3. The smallest absolute Gasteiger partial charge is 0.128 e. The molecule has 1 atom stereocenters. The van der Waals surface area contributed by atoms with Crippen LogP contribution in [-0.4, -0.2) is 15.0 Å². The first kappa shape index (κ1) is 19.0. The molecular weight excluding hydrogens is 363 g/mol. The number of rotatable bonds is 7. The van der Waals surface area contributed by atoms with E-state index in [2.05, 4.69) is 34.6 Å². The van der Waals surface area contributed by atoms with Gasteiger partial charge in [-0.25, -0.2) is 4.39 Å². The van der Waals surface area contributed by atoms with Gasteiger partial charge in [0.15, 0.2) is 0 Å². The minimum Gasteiger partial charge on any atom is -0.304 e. The summed E-state index contributed by atoms with van der Waals surface area (Å²) in [5.74, 6) is -0.247. The van der Waals surface area contributed by atoms with Gasteiger partial charge in [-0.15, -0.1) is 0 Å². The second-order valence-corrected chi connectivity index (χ2v) is 7.00. The van der Waals surface area contributed by atoms with Gasteiger partial charge in [0.25, 0.3) is 0 Å². The first-order chi connectivity index (χ1) is 14.2. The molecule has 0 bridgehead atoms. The molecule has 4 aromatic rings. The van der Waals surface area contributed by atoms with Crippen LogP contribution >= 0.6 is 0 Å². The summed E-state index contributed by atoms with van der Waals surface area (Å²) in [5.41, 5.74) is 4.44. The van der Waals surface area contributed by atoms with Crippen LogP contribution in [0.5, 0.6) is 0 Å². The summed E-state index contributed by atoms with van der Waals surface area (Å²) in [6, 6.07) is 27.2. The summed E-state index contributed by atoms with van der Waals surface area (Å²) in [6.45, 7) is 2.99. The zero-order chi connectivity index (χ0) is 20.1. The summed E-state index contributed by atoms with van der Waals surface area (Å²) >= 11 is 0. The number of hydrogen-bond donors (Lipinski definition) is 1. The number of nitrogens with one attached hydrogen (secondary N) is 1. The Bertz CT molecular complexity index is 1060. The van der Waals surface area contributed by atoms with Gasteiger partial charge in [-0.05, 0) is 18.6 Å². The standard InChI is InChI=1S/C24H23FN4/c1-18(19-10-4-2-5-11-19)26-16-23-24(20-12-6-3-7-13-20)28-29(27-23)17-21-14-8-9-15-22(21)25/h2-15,18,26H,16-17H2,1H3/t18-/m1/s1. The molecule has 0 saturated heterocycles. The van der Waals surface area contributed by atoms with Gasteiger partial charge in [-0.3, -0.25) is 0 Å². The molecule has 3 aromatic carbocycles. The van der Waals surface area contributed by atoms with Gasteiger partial charge in [0.05, 0.1) is 6.54 Å². The Morgan fingerprint density at radius 3 is 2.24 bits per heavy atom. The van der Waals surface area contributed by atoms with Crippen LogP contribution in [0, 0.1) is 5.82 Å². The van der Waals surface area contributed by atoms with E-state index in [1.54, 1.807) is 16.9 Å². The highest BCUT2D eigenvalue weighted by molar-refractivity contribution is 5.60. The number of aromatic nitrogens is 3. The Labute approximate surface area is 170 Å². The van der Waals surface area contributed by atoms with Crippen LogP contribution in [0.15, 0.2) is 84.9 Å². The topological polar surface area (TPSA) is 42.7 Å². The van der Waals surface area contributed by atoms with Crippen LogP contribution in [0.4, 0.5) is 4.39 Å². The van der Waals surface area contributed by atoms with Crippen LogP contribution in [0.25, 0.3) is 11.3 Å². The van der Waals surface area contributed by atoms with E-state index in [0.717, 1.165) is 17.0 Å². The van der Waals surface area contributed by atoms with E-state index in [-0.39, 0.29) is 11.9 Å². The Hall–Kier alpha value is -3.31. The molecule has 4 nitrogen and oxygen atoms in total. The van der Waals surface area contributed by atoms with E-state index < -0.39 is 0 Å². The molecule has 146 valence electrons. The highest BCUT2D eigenvalue weighted by atomic mass is 19.1. The monoisotopic (exact) mass is 386 g/mol. The van der Waals surface area contributed by atoms with Crippen LogP contribution < -0.4 is 5.32 Å². The quantitative estimate of drug-likeness (QED) is 0.487. The van der Waals surface area contributed by atoms with Crippen LogP contribution in [0.3, 0.4) is 0 Å². The summed E-state index contributed by atoms with van der Waals surface area (Å²) < 4.78 is 14.1. The predicted molar refractivity (Wildman–Crippen MR) is 113 cm³/mol. The SMILES string of the molecule is C[C@@H](NCc1nn(Cc2ccccc2F)nc1-c1ccccc1)c1ccccc1. The maximum Gasteiger partial charge on any atom is 0.128 e. The highest BCUT2D eigenvalue weighted by Gasteiger charge is 2.15. The zero-order valence-corrected chi connectivity index (χ0v) is 16.3. The van der Waals surface area contributed by atoms with Crippen molar-refractivity contribution in [2.75, 3.05) is 0 Å². The summed E-state index contributed by atoms with van der Waals surface area (Å²) in [4.78, 5) is 1.57. The molecule has 29 heavy (non-hydrogen) atoms. The van der Waals surface area contributed by atoms with Crippen molar-refractivity contribution in [2.45, 2.75) is 26.1 Å². The van der Waals surface area contributed by atoms with Crippen LogP contribution in [0.2, 0.25) is 0 Å². The van der Waals surface area contributed by atoms with Crippen molar-refractivity contribution >= 4 is 0 Å². The Morgan fingerprint density at radius 1 is 0.862 bits per heavy atom. The van der Waals surface area contributed by atoms with E-state index in [4.69, 9.17) is 0 Å². The molecule has 0 aliphatic heterocycles. The Balaban J connectivity index is 1.59. The maximum atomic E-state index is 14.1. The first-order valence-corrected chi connectivity index (χ1v) is 9.72. The lowest BCUT2D eigenvalue weighted by Crippen LogP contribution is -2.19. The molecular formula is C24H23FN4. The largest absolute Gasteiger partial charge is 0.304 e. The van der Waals surface area contributed by atoms with E-state index in [1.165, 1.54) is 11.6 Å². The van der Waals surface area contributed by atoms with Crippen LogP contribution in [0.1, 0.15) is 29.8 Å². The summed E-state index contributed by atoms with van der Waals surface area (Å²) in [7, 11) is 0. The van der Waals surface area contributed by atoms with Crippen LogP contribution in [-0.2, 0) is 13.1 Å². The van der Waals surface area contributed by atoms with Crippen molar-refractivity contribution in [3.8, 4) is 11.3 Å². The molecule has 0 radical (unpaired) electrons. The van der Waals surface area contributed by atoms with E-state index in [1.807, 2.05) is 54.6 Å². The fourth-order valence-electron chi connectivity index (χ4n) is 3.28. The number of nitrogens with zero attached hydrogens (tertiary/aromatic N) is 3. The Kier molecular flexibility index (Phi) is 5.77. The lowest BCUT2D eigenvalue weighted by atomic mass is 10.1. The van der Waals surface area contributed by atoms with E-state index >= 15 is 0 Å². The molecule has 0 amide bonds. The van der Waals surface area contributed by atoms with Crippen molar-refractivity contribution in [1.82, 2.24) is 20.3 Å². The van der Waals surface area contributed by atoms with Crippen molar-refractivity contribution < 1.29 is 4.39 Å². The highest BCUT2D eigenvalue weighted by Crippen LogP contribution is 2.22. The fraction of sp³-hybridized carbons (Fsp3) is 0.167. The molecule has 0 aliphatic carbocycles. The molecule has 0 aliphatic rings. The fourth-order valence-corrected chi connectivity index (χ4v) is 3.28. The van der Waals surface area contributed by atoms with Crippen molar-refractivity contribution in [2.24, 2.45) is 0 Å². The van der Waals surface area contributed by atoms with Gasteiger partial charge in [0.2, 0.25) is 0 Å². The predicted octanol–water partition coefficient (Wildman–Crippen LogP) is 4.98. The van der Waals surface area contributed by atoms with Gasteiger partial charge in [0.1, 0.15) is 17.2 Å². The normalized spacial score (nSPS) is 12.1. The van der Waals surface area contributed by atoms with Gasteiger partial charge >= 0.3 is 0 Å². The number of halogens is 1. The Morgan fingerprint density at radius 2 is 1.52 bits per heavy atom. The second-order valence-electron chi connectivity index (χ2n) is 7.00. The van der Waals surface area contributed by atoms with Gasteiger partial charge in [-0.1, -0.05) is 78.9 Å². The molecule has 4 rings (SSSR count). The molecule has 1 aromatic heterocycles. The minimum absolute atomic E-state index is 0.177. The average Bonchev–Trinajstić information content (AvgIpc) is 3.17. The summed E-state index contributed by atoms with van der Waals surface area (Å²) in [6.07, 6.45) is 0. The molecule has 0 fully saturated rings. The first-order valence-electron chi connectivity index (χ1n) is 9.72. The average molecular weight is 386 g/mol. The molecule has 1 N–H and O–H groups in total. The molecule has 0 unspecified atom stereocenters. The molecule has 0 spiro atoms. The lowest BCUT2D eigenvalue weighted by Gasteiger charge is -2.13. The number of benzene rings is 3. The summed E-state index contributed by atoms with van der Waals surface area (Å²) in [5, 5.41) is 12.9. The van der Waals surface area contributed by atoms with Crippen molar-refractivity contribution in [3.63, 3.8) is 0 Å². The third-order valence-electron chi connectivity index (χ3n) is 4.92. The van der Waals surface area contributed by atoms with Gasteiger partial charge in [-0.2, -0.15) is 15.0 Å².